The fourth-order valence-corrected chi connectivity index (χ4v) is 13.7. The number of unbranched alkanes of at least 4 members (excludes halogenated alkanes) is 44. The molecule has 3 unspecified atom stereocenters. The second-order valence-electron chi connectivity index (χ2n) is 29.6. The lowest BCUT2D eigenvalue weighted by Crippen LogP contribution is -2.30. The minimum absolute atomic E-state index is 0.101. The zero-order valence-electron chi connectivity index (χ0n) is 64.3. The number of rotatable bonds is 77. The van der Waals surface area contributed by atoms with Crippen LogP contribution in [-0.2, 0) is 65.4 Å². The third-order valence-electron chi connectivity index (χ3n) is 18.7. The van der Waals surface area contributed by atoms with E-state index in [2.05, 4.69) is 48.5 Å². The van der Waals surface area contributed by atoms with E-state index in [1.54, 1.807) is 0 Å². The van der Waals surface area contributed by atoms with E-state index in [0.717, 1.165) is 102 Å². The molecule has 0 radical (unpaired) electrons. The van der Waals surface area contributed by atoms with E-state index in [0.29, 0.717) is 37.5 Å². The van der Waals surface area contributed by atoms with Gasteiger partial charge in [0.15, 0.2) is 12.2 Å². The molecule has 3 N–H and O–H groups in total. The molecule has 0 aliphatic heterocycles. The van der Waals surface area contributed by atoms with Crippen molar-refractivity contribution >= 4 is 39.5 Å². The van der Waals surface area contributed by atoms with Crippen molar-refractivity contribution in [1.82, 2.24) is 0 Å². The molecule has 6 atom stereocenters. The van der Waals surface area contributed by atoms with Gasteiger partial charge in [0.2, 0.25) is 0 Å². The van der Waals surface area contributed by atoms with Gasteiger partial charge in [-0.1, -0.05) is 357 Å². The van der Waals surface area contributed by atoms with Gasteiger partial charge < -0.3 is 33.8 Å². The van der Waals surface area contributed by atoms with Crippen LogP contribution in [0.4, 0.5) is 0 Å². The molecule has 0 aliphatic rings. The summed E-state index contributed by atoms with van der Waals surface area (Å²) < 4.78 is 68.5. The number of ether oxygens (including phenoxy) is 4. The molecule has 0 aliphatic carbocycles. The van der Waals surface area contributed by atoms with Crippen LogP contribution in [0.5, 0.6) is 0 Å². The lowest BCUT2D eigenvalue weighted by atomic mass is 9.99. The number of esters is 4. The number of aliphatic hydroxyl groups is 1. The highest BCUT2D eigenvalue weighted by Gasteiger charge is 2.30. The first-order valence-corrected chi connectivity index (χ1v) is 43.9. The van der Waals surface area contributed by atoms with Crippen molar-refractivity contribution in [3.63, 3.8) is 0 Å². The zero-order valence-corrected chi connectivity index (χ0v) is 66.0. The molecule has 0 rings (SSSR count). The van der Waals surface area contributed by atoms with E-state index < -0.39 is 97.5 Å². The summed E-state index contributed by atoms with van der Waals surface area (Å²) in [6, 6.07) is 0. The lowest BCUT2D eigenvalue weighted by molar-refractivity contribution is -0.161. The normalized spacial score (nSPS) is 14.3. The third kappa shape index (κ3) is 71.1. The average Bonchev–Trinajstić information content (AvgIpc) is 0.999. The van der Waals surface area contributed by atoms with E-state index in [1.807, 2.05) is 0 Å². The van der Waals surface area contributed by atoms with Crippen LogP contribution in [0.2, 0.25) is 0 Å². The quantitative estimate of drug-likeness (QED) is 0.0222. The van der Waals surface area contributed by atoms with Gasteiger partial charge in [-0.25, -0.2) is 9.13 Å². The van der Waals surface area contributed by atoms with Gasteiger partial charge in [0.05, 0.1) is 26.4 Å². The molecule has 98 heavy (non-hydrogen) atoms. The number of phosphoric ester groups is 2. The van der Waals surface area contributed by atoms with Crippen molar-refractivity contribution in [3.8, 4) is 0 Å². The summed E-state index contributed by atoms with van der Waals surface area (Å²) in [5, 5.41) is 10.6. The summed E-state index contributed by atoms with van der Waals surface area (Å²) in [6.45, 7) is 11.8. The van der Waals surface area contributed by atoms with Crippen LogP contribution in [0.3, 0.4) is 0 Å². The Hall–Kier alpha value is -1.94. The van der Waals surface area contributed by atoms with Crippen molar-refractivity contribution in [2.24, 2.45) is 17.8 Å². The van der Waals surface area contributed by atoms with Crippen molar-refractivity contribution in [1.29, 1.82) is 0 Å². The molecule has 0 spiro atoms. The molecule has 0 aromatic carbocycles. The fraction of sp³-hybridized carbons (Fsp3) is 0.949. The minimum atomic E-state index is -4.96. The Balaban J connectivity index is 5.16. The first kappa shape index (κ1) is 96.1. The second-order valence-corrected chi connectivity index (χ2v) is 32.6. The van der Waals surface area contributed by atoms with Gasteiger partial charge >= 0.3 is 39.5 Å². The van der Waals surface area contributed by atoms with Gasteiger partial charge in [0.25, 0.3) is 0 Å². The highest BCUT2D eigenvalue weighted by Crippen LogP contribution is 2.45. The molecule has 0 bridgehead atoms. The summed E-state index contributed by atoms with van der Waals surface area (Å²) in [5.74, 6) is 0.0754. The van der Waals surface area contributed by atoms with Crippen LogP contribution < -0.4 is 0 Å². The lowest BCUT2D eigenvalue weighted by Gasteiger charge is -2.21. The highest BCUT2D eigenvalue weighted by atomic mass is 31.2. The van der Waals surface area contributed by atoms with Gasteiger partial charge in [0, 0.05) is 25.7 Å². The van der Waals surface area contributed by atoms with E-state index >= 15 is 0 Å². The molecule has 0 saturated carbocycles. The monoisotopic (exact) mass is 1440 g/mol. The zero-order chi connectivity index (χ0) is 72.3. The number of aliphatic hydroxyl groups excluding tert-OH is 1. The molecule has 19 heteroatoms. The van der Waals surface area contributed by atoms with Gasteiger partial charge in [-0.15, -0.1) is 0 Å². The molecule has 0 fully saturated rings. The number of carbonyl (C=O) groups excluding carboxylic acids is 4. The largest absolute Gasteiger partial charge is 0.472 e. The standard InChI is InChI=1S/C79H154O17P2/c1-8-10-11-12-13-14-15-16-17-18-19-20-21-22-23-24-29-32-35-38-48-55-62-78(83)95-74(66-89-76(81)60-53-46-37-34-31-28-26-25-27-30-33-36-45-52-59-72(7)9-2)68-93-97(85,86)91-64-73(80)65-92-98(87,88)94-69-75(96-79(84)63-56-49-42-40-44-51-58-71(5)6)67-90-77(82)61-54-47-41-39-43-50-57-70(3)4/h70-75,80H,8-69H2,1-7H3,(H,85,86)(H,87,88)/t72?,73-,74-,75-/m1/s1. The molecule has 582 valence electrons. The van der Waals surface area contributed by atoms with Crippen LogP contribution in [0.1, 0.15) is 408 Å². The highest BCUT2D eigenvalue weighted by molar-refractivity contribution is 7.47. The van der Waals surface area contributed by atoms with E-state index in [4.69, 9.17) is 37.0 Å². The minimum Gasteiger partial charge on any atom is -0.462 e. The Morgan fingerprint density at radius 2 is 0.520 bits per heavy atom. The van der Waals surface area contributed by atoms with Crippen molar-refractivity contribution in [2.75, 3.05) is 39.6 Å². The van der Waals surface area contributed by atoms with E-state index in [9.17, 15) is 43.2 Å². The van der Waals surface area contributed by atoms with Gasteiger partial charge in [-0.05, 0) is 43.4 Å². The van der Waals surface area contributed by atoms with Crippen LogP contribution in [0, 0.1) is 17.8 Å². The van der Waals surface area contributed by atoms with Crippen molar-refractivity contribution in [3.05, 3.63) is 0 Å². The summed E-state index contributed by atoms with van der Waals surface area (Å²) in [5.41, 5.74) is 0. The van der Waals surface area contributed by atoms with Crippen LogP contribution in [0.15, 0.2) is 0 Å². The third-order valence-corrected chi connectivity index (χ3v) is 20.6. The Morgan fingerprint density at radius 1 is 0.296 bits per heavy atom. The van der Waals surface area contributed by atoms with Gasteiger partial charge in [-0.3, -0.25) is 37.3 Å². The Kier molecular flexibility index (Phi) is 68.1. The van der Waals surface area contributed by atoms with Crippen molar-refractivity contribution < 1.29 is 80.2 Å². The Bertz CT molecular complexity index is 1910. The predicted octanol–water partition coefficient (Wildman–Crippen LogP) is 23.4. The van der Waals surface area contributed by atoms with Crippen LogP contribution >= 0.6 is 15.6 Å². The maximum Gasteiger partial charge on any atom is 0.472 e. The van der Waals surface area contributed by atoms with E-state index in [1.165, 1.54) is 212 Å². The maximum absolute atomic E-state index is 13.1. The molecule has 0 amide bonds. The topological polar surface area (TPSA) is 237 Å². The predicted molar refractivity (Wildman–Crippen MR) is 400 cm³/mol. The molecule has 0 heterocycles. The van der Waals surface area contributed by atoms with Crippen LogP contribution in [0.25, 0.3) is 0 Å². The summed E-state index contributed by atoms with van der Waals surface area (Å²) in [7, 11) is -9.91. The smallest absolute Gasteiger partial charge is 0.462 e. The van der Waals surface area contributed by atoms with Gasteiger partial charge in [-0.2, -0.15) is 0 Å². The van der Waals surface area contributed by atoms with Crippen LogP contribution in [-0.4, -0.2) is 96.7 Å². The number of carbonyl (C=O) groups is 4. The molecule has 0 aromatic heterocycles. The Labute approximate surface area is 600 Å². The molecular weight excluding hydrogens is 1280 g/mol. The first-order chi connectivity index (χ1) is 47.3. The number of hydrogen-bond acceptors (Lipinski definition) is 15. The summed E-state index contributed by atoms with van der Waals surface area (Å²) in [6.07, 6.45) is 57.5. The molecule has 0 aromatic rings. The fourth-order valence-electron chi connectivity index (χ4n) is 12.1. The van der Waals surface area contributed by atoms with E-state index in [-0.39, 0.29) is 25.7 Å². The molecular formula is C79H154O17P2. The molecule has 17 nitrogen and oxygen atoms in total. The summed E-state index contributed by atoms with van der Waals surface area (Å²) >= 11 is 0. The number of phosphoric acid groups is 2. The number of hydrogen-bond donors (Lipinski definition) is 3. The summed E-state index contributed by atoms with van der Waals surface area (Å²) in [4.78, 5) is 72.8. The van der Waals surface area contributed by atoms with Crippen molar-refractivity contribution in [2.45, 2.75) is 426 Å². The van der Waals surface area contributed by atoms with Gasteiger partial charge in [0.1, 0.15) is 19.3 Å². The SMILES string of the molecule is CCCCCCCCCCCCCCCCCCCCCCCCC(=O)O[C@H](COC(=O)CCCCCCCCCCCCCCCCC(C)CC)COP(=O)(O)OC[C@@H](O)COP(=O)(O)OC[C@@H](COC(=O)CCCCCCCCC(C)C)OC(=O)CCCCCCCCC(C)C. The molecule has 0 saturated heterocycles. The second kappa shape index (κ2) is 69.4. The average molecular weight is 1440 g/mol. The Morgan fingerprint density at radius 3 is 0.776 bits per heavy atom. The first-order valence-electron chi connectivity index (χ1n) is 40.9. The maximum atomic E-state index is 13.1.